The molecule has 3 aliphatic rings. The number of fused-ring (bicyclic) bond motifs is 2. The Bertz CT molecular complexity index is 1180. The van der Waals surface area contributed by atoms with Crippen LogP contribution in [-0.2, 0) is 14.3 Å². The number of nitrogens with zero attached hydrogens (tertiary/aromatic N) is 5. The molecule has 0 spiro atoms. The van der Waals surface area contributed by atoms with Gasteiger partial charge in [0.1, 0.15) is 17.7 Å². The molecular formula is C28H36N6O4. The highest BCUT2D eigenvalue weighted by Gasteiger charge is 2.52. The number of likely N-dealkylation sites (tertiary alicyclic amines) is 3. The number of piperazine rings is 1. The van der Waals surface area contributed by atoms with Gasteiger partial charge in [-0.15, -0.1) is 0 Å². The molecule has 6 atom stereocenters. The number of hydrogen-bond acceptors (Lipinski definition) is 7. The topological polar surface area (TPSA) is 130 Å². The minimum Gasteiger partial charge on any atom is -0.444 e. The lowest BCUT2D eigenvalue weighted by molar-refractivity contribution is -0.141. The summed E-state index contributed by atoms with van der Waals surface area (Å²) in [5.74, 6) is -0.172. The lowest BCUT2D eigenvalue weighted by Crippen LogP contribution is -2.59. The van der Waals surface area contributed by atoms with Crippen LogP contribution in [0.2, 0.25) is 0 Å². The first-order valence-corrected chi connectivity index (χ1v) is 13.2. The lowest BCUT2D eigenvalue weighted by atomic mass is 10.0. The van der Waals surface area contributed by atoms with Crippen LogP contribution in [0, 0.1) is 28.6 Å². The molecule has 1 N–H and O–H groups in total. The molecule has 4 rings (SSSR count). The van der Waals surface area contributed by atoms with Gasteiger partial charge in [0.2, 0.25) is 11.8 Å². The molecule has 1 aromatic carbocycles. The SMILES string of the molecule is CC1CC(C#N)N(C(=O)C(CN2C[C@@H]3CC2C(=O)N3C(C)c2cccc(C#N)c2)NC(=O)OC(C)(C)C)C1. The quantitative estimate of drug-likeness (QED) is 0.610. The molecule has 38 heavy (non-hydrogen) atoms. The van der Waals surface area contributed by atoms with Crippen LogP contribution < -0.4 is 5.32 Å². The number of nitrogens with one attached hydrogen (secondary N) is 1. The highest BCUT2D eigenvalue weighted by molar-refractivity contribution is 5.88. The highest BCUT2D eigenvalue weighted by atomic mass is 16.6. The summed E-state index contributed by atoms with van der Waals surface area (Å²) in [5.41, 5.74) is 0.716. The molecule has 0 radical (unpaired) electrons. The normalized spacial score (nSPS) is 26.6. The number of carbonyl (C=O) groups excluding carboxylic acids is 3. The fraction of sp³-hybridized carbons (Fsp3) is 0.607. The van der Waals surface area contributed by atoms with Gasteiger partial charge in [-0.25, -0.2) is 4.79 Å². The van der Waals surface area contributed by atoms with Crippen molar-refractivity contribution in [2.75, 3.05) is 19.6 Å². The zero-order chi connectivity index (χ0) is 27.8. The zero-order valence-corrected chi connectivity index (χ0v) is 22.7. The molecular weight excluding hydrogens is 484 g/mol. The van der Waals surface area contributed by atoms with Gasteiger partial charge in [-0.05, 0) is 64.2 Å². The number of ether oxygens (including phenoxy) is 1. The van der Waals surface area contributed by atoms with Gasteiger partial charge in [0.05, 0.1) is 29.8 Å². The van der Waals surface area contributed by atoms with Gasteiger partial charge in [0, 0.05) is 25.7 Å². The van der Waals surface area contributed by atoms with Crippen LogP contribution in [0.3, 0.4) is 0 Å². The Hall–Kier alpha value is -3.63. The summed E-state index contributed by atoms with van der Waals surface area (Å²) in [6.45, 7) is 10.4. The van der Waals surface area contributed by atoms with Gasteiger partial charge >= 0.3 is 6.09 Å². The Morgan fingerprint density at radius 2 is 1.95 bits per heavy atom. The van der Waals surface area contributed by atoms with Crippen LogP contribution in [-0.4, -0.2) is 82.0 Å². The molecule has 3 aliphatic heterocycles. The summed E-state index contributed by atoms with van der Waals surface area (Å²) in [4.78, 5) is 45.1. The van der Waals surface area contributed by atoms with Gasteiger partial charge in [-0.3, -0.25) is 14.5 Å². The third kappa shape index (κ3) is 5.61. The summed E-state index contributed by atoms with van der Waals surface area (Å²) in [7, 11) is 0. The van der Waals surface area contributed by atoms with E-state index in [1.165, 1.54) is 0 Å². The zero-order valence-electron chi connectivity index (χ0n) is 22.7. The molecule has 0 saturated carbocycles. The maximum absolute atomic E-state index is 13.6. The third-order valence-electron chi connectivity index (χ3n) is 7.58. The largest absolute Gasteiger partial charge is 0.444 e. The molecule has 202 valence electrons. The standard InChI is InChI=1S/C28H36N6O4/c1-17-9-21(13-30)33(14-17)25(35)23(31-27(37)38-28(3,4)5)16-32-15-22-11-24(32)26(36)34(22)18(2)20-8-6-7-19(10-20)12-29/h6-8,10,17-18,21-24H,9,11,14-16H2,1-5H3,(H,31,37)/t17?,18?,21?,22-,23?,24?/m0/s1. The van der Waals surface area contributed by atoms with E-state index >= 15 is 0 Å². The fourth-order valence-corrected chi connectivity index (χ4v) is 5.91. The minimum atomic E-state index is -0.948. The van der Waals surface area contributed by atoms with Crippen molar-refractivity contribution in [3.63, 3.8) is 0 Å². The van der Waals surface area contributed by atoms with E-state index in [-0.39, 0.29) is 36.4 Å². The van der Waals surface area contributed by atoms with Crippen LogP contribution in [0.4, 0.5) is 4.79 Å². The van der Waals surface area contributed by atoms with Crippen molar-refractivity contribution in [2.24, 2.45) is 5.92 Å². The second-order valence-electron chi connectivity index (χ2n) is 11.7. The van der Waals surface area contributed by atoms with E-state index in [4.69, 9.17) is 4.74 Å². The summed E-state index contributed by atoms with van der Waals surface area (Å²) in [5, 5.41) is 21.6. The Morgan fingerprint density at radius 1 is 1.21 bits per heavy atom. The van der Waals surface area contributed by atoms with Crippen molar-refractivity contribution in [3.05, 3.63) is 35.4 Å². The van der Waals surface area contributed by atoms with Gasteiger partial charge in [0.25, 0.3) is 0 Å². The van der Waals surface area contributed by atoms with E-state index in [0.717, 1.165) is 5.56 Å². The molecule has 0 aliphatic carbocycles. The maximum atomic E-state index is 13.6. The molecule has 1 aromatic rings. The molecule has 2 bridgehead atoms. The lowest BCUT2D eigenvalue weighted by Gasteiger charge is -2.39. The molecule has 10 heteroatoms. The van der Waals surface area contributed by atoms with Gasteiger partial charge in [0.15, 0.2) is 0 Å². The molecule has 5 unspecified atom stereocenters. The van der Waals surface area contributed by atoms with E-state index in [2.05, 4.69) is 17.5 Å². The molecule has 3 fully saturated rings. The Morgan fingerprint density at radius 3 is 2.58 bits per heavy atom. The number of benzene rings is 1. The second kappa shape index (κ2) is 10.6. The Balaban J connectivity index is 1.50. The van der Waals surface area contributed by atoms with Crippen LogP contribution in [0.15, 0.2) is 24.3 Å². The maximum Gasteiger partial charge on any atom is 0.408 e. The number of alkyl carbamates (subject to hydrolysis) is 1. The van der Waals surface area contributed by atoms with Crippen molar-refractivity contribution >= 4 is 17.9 Å². The number of hydrogen-bond donors (Lipinski definition) is 1. The number of rotatable bonds is 6. The van der Waals surface area contributed by atoms with Crippen molar-refractivity contribution in [1.82, 2.24) is 20.0 Å². The summed E-state index contributed by atoms with van der Waals surface area (Å²) >= 11 is 0. The first-order valence-electron chi connectivity index (χ1n) is 13.2. The number of amides is 3. The van der Waals surface area contributed by atoms with E-state index in [1.54, 1.807) is 31.7 Å². The van der Waals surface area contributed by atoms with Gasteiger partial charge < -0.3 is 19.9 Å². The molecule has 0 aromatic heterocycles. The van der Waals surface area contributed by atoms with E-state index in [0.29, 0.717) is 31.5 Å². The van der Waals surface area contributed by atoms with Crippen LogP contribution in [0.5, 0.6) is 0 Å². The molecule has 10 nitrogen and oxygen atoms in total. The number of nitriles is 2. The van der Waals surface area contributed by atoms with E-state index < -0.39 is 29.8 Å². The smallest absolute Gasteiger partial charge is 0.408 e. The summed E-state index contributed by atoms with van der Waals surface area (Å²) < 4.78 is 5.42. The van der Waals surface area contributed by atoms with Crippen LogP contribution in [0.1, 0.15) is 64.6 Å². The molecule has 3 amide bonds. The fourth-order valence-electron chi connectivity index (χ4n) is 5.91. The van der Waals surface area contributed by atoms with Gasteiger partial charge in [-0.2, -0.15) is 10.5 Å². The summed E-state index contributed by atoms with van der Waals surface area (Å²) in [6, 6.07) is 9.53. The predicted molar refractivity (Wildman–Crippen MR) is 138 cm³/mol. The van der Waals surface area contributed by atoms with E-state index in [9.17, 15) is 24.9 Å². The third-order valence-corrected chi connectivity index (χ3v) is 7.58. The second-order valence-corrected chi connectivity index (χ2v) is 11.7. The van der Waals surface area contributed by atoms with E-state index in [1.807, 2.05) is 41.8 Å². The van der Waals surface area contributed by atoms with Crippen molar-refractivity contribution < 1.29 is 19.1 Å². The Kier molecular flexibility index (Phi) is 7.66. The Labute approximate surface area is 224 Å². The predicted octanol–water partition coefficient (Wildman–Crippen LogP) is 2.56. The average molecular weight is 521 g/mol. The first kappa shape index (κ1) is 27.4. The monoisotopic (exact) mass is 520 g/mol. The van der Waals surface area contributed by atoms with Crippen molar-refractivity contribution in [2.45, 2.75) is 83.3 Å². The average Bonchev–Trinajstić information content (AvgIpc) is 3.53. The van der Waals surface area contributed by atoms with Crippen LogP contribution >= 0.6 is 0 Å². The molecule has 3 heterocycles. The van der Waals surface area contributed by atoms with Crippen LogP contribution in [0.25, 0.3) is 0 Å². The highest BCUT2D eigenvalue weighted by Crippen LogP contribution is 2.38. The molecule has 3 saturated heterocycles. The first-order chi connectivity index (χ1) is 17.9. The number of carbonyl (C=O) groups is 3. The summed E-state index contributed by atoms with van der Waals surface area (Å²) in [6.07, 6.45) is 0.518. The van der Waals surface area contributed by atoms with Gasteiger partial charge in [-0.1, -0.05) is 19.1 Å². The van der Waals surface area contributed by atoms with Crippen molar-refractivity contribution in [3.8, 4) is 12.1 Å². The minimum absolute atomic E-state index is 0.0238. The van der Waals surface area contributed by atoms with Crippen molar-refractivity contribution in [1.29, 1.82) is 10.5 Å².